The van der Waals surface area contributed by atoms with Crippen LogP contribution in [0.25, 0.3) is 6.08 Å². The lowest BCUT2D eigenvalue weighted by Crippen LogP contribution is -2.07. The van der Waals surface area contributed by atoms with Crippen LogP contribution in [0.15, 0.2) is 98.6 Å². The second-order valence-electron chi connectivity index (χ2n) is 7.37. The summed E-state index contributed by atoms with van der Waals surface area (Å²) < 4.78 is 5.11. The minimum atomic E-state index is 0.494. The second-order valence-corrected chi connectivity index (χ2v) is 8.45. The number of aliphatic imine (C=N–C) groups is 1. The molecule has 2 N–H and O–H groups in total. The number of furan rings is 1. The van der Waals surface area contributed by atoms with E-state index in [1.165, 1.54) is 4.90 Å². The molecule has 0 bridgehead atoms. The van der Waals surface area contributed by atoms with E-state index in [-0.39, 0.29) is 0 Å². The Kier molecular flexibility index (Phi) is 6.69. The van der Waals surface area contributed by atoms with Crippen LogP contribution < -0.4 is 5.73 Å². The summed E-state index contributed by atoms with van der Waals surface area (Å²) in [5.41, 5.74) is 11.2. The van der Waals surface area contributed by atoms with E-state index in [0.717, 1.165) is 50.3 Å². The molecule has 160 valence electrons. The van der Waals surface area contributed by atoms with Crippen LogP contribution >= 0.6 is 11.8 Å². The van der Waals surface area contributed by atoms with Crippen molar-refractivity contribution in [3.8, 4) is 0 Å². The molecule has 5 heteroatoms. The first kappa shape index (κ1) is 21.8. The number of rotatable bonds is 3. The fraction of sp³-hybridized carbons (Fsp3) is 0.111. The van der Waals surface area contributed by atoms with Gasteiger partial charge in [-0.15, -0.1) is 0 Å². The predicted molar refractivity (Wildman–Crippen MR) is 133 cm³/mol. The Labute approximate surface area is 192 Å². The number of hydrogen-bond donors (Lipinski definition) is 1. The van der Waals surface area contributed by atoms with Gasteiger partial charge in [0.1, 0.15) is 11.5 Å². The molecule has 32 heavy (non-hydrogen) atoms. The number of aryl methyl sites for hydroxylation is 2. The molecule has 5 rings (SSSR count). The van der Waals surface area contributed by atoms with Crippen LogP contribution in [0.1, 0.15) is 34.0 Å². The van der Waals surface area contributed by atoms with E-state index in [9.17, 15) is 0 Å². The lowest BCUT2D eigenvalue weighted by molar-refractivity contribution is 0.485. The minimum absolute atomic E-state index is 0.494. The molecule has 2 aromatic heterocycles. The van der Waals surface area contributed by atoms with Gasteiger partial charge in [0.15, 0.2) is 0 Å². The van der Waals surface area contributed by atoms with Gasteiger partial charge in [-0.2, -0.15) is 0 Å². The van der Waals surface area contributed by atoms with Crippen LogP contribution in [-0.2, 0) is 6.54 Å². The van der Waals surface area contributed by atoms with Gasteiger partial charge in [0, 0.05) is 21.0 Å². The highest BCUT2D eigenvalue weighted by molar-refractivity contribution is 7.99. The Morgan fingerprint density at radius 3 is 2.50 bits per heavy atom. The minimum Gasteiger partial charge on any atom is -0.465 e. The van der Waals surface area contributed by atoms with Gasteiger partial charge >= 0.3 is 0 Å². The summed E-state index contributed by atoms with van der Waals surface area (Å²) in [6.45, 7) is 8.26. The molecule has 3 heterocycles. The average Bonchev–Trinajstić information content (AvgIpc) is 3.16. The fourth-order valence-corrected chi connectivity index (χ4v) is 4.35. The Hall–Kier alpha value is -3.41. The normalized spacial score (nSPS) is 11.9. The molecule has 1 aliphatic rings. The maximum Gasteiger partial charge on any atom is 0.117 e. The van der Waals surface area contributed by atoms with Crippen LogP contribution in [0.4, 0.5) is 5.69 Å². The van der Waals surface area contributed by atoms with Crippen LogP contribution in [-0.4, -0.2) is 10.7 Å². The van der Waals surface area contributed by atoms with Crippen molar-refractivity contribution >= 4 is 29.2 Å². The Bertz CT molecular complexity index is 1290. The standard InChI is InChI=1S/C21H16N2S.C6H9NO/c1-3-15-11-12-20-18(13-15)23-21(17-9-6-7-14(2)22-17)16-8-4-5-10-19(16)24-20;1-5-2-3-6(4-7)8-5/h3-13H,1H2,2H3;2-3H,4,7H2,1H3. The highest BCUT2D eigenvalue weighted by Crippen LogP contribution is 2.41. The van der Waals surface area contributed by atoms with Crippen molar-refractivity contribution in [3.63, 3.8) is 0 Å². The van der Waals surface area contributed by atoms with E-state index in [4.69, 9.17) is 20.1 Å². The van der Waals surface area contributed by atoms with Crippen LogP contribution in [0.2, 0.25) is 0 Å². The van der Waals surface area contributed by atoms with Crippen molar-refractivity contribution in [1.29, 1.82) is 0 Å². The van der Waals surface area contributed by atoms with Crippen LogP contribution in [0.5, 0.6) is 0 Å². The predicted octanol–water partition coefficient (Wildman–Crippen LogP) is 6.71. The van der Waals surface area contributed by atoms with Gasteiger partial charge in [0.2, 0.25) is 0 Å². The largest absolute Gasteiger partial charge is 0.465 e. The maximum absolute atomic E-state index is 5.27. The molecule has 0 fully saturated rings. The average molecular weight is 440 g/mol. The van der Waals surface area contributed by atoms with Crippen molar-refractivity contribution in [2.24, 2.45) is 10.7 Å². The summed E-state index contributed by atoms with van der Waals surface area (Å²) in [6, 6.07) is 24.5. The highest BCUT2D eigenvalue weighted by atomic mass is 32.2. The molecule has 0 amide bonds. The molecule has 2 aromatic carbocycles. The summed E-state index contributed by atoms with van der Waals surface area (Å²) in [4.78, 5) is 12.0. The number of pyridine rings is 1. The molecule has 0 atom stereocenters. The maximum atomic E-state index is 5.27. The Balaban J connectivity index is 0.000000260. The van der Waals surface area contributed by atoms with Gasteiger partial charge in [-0.1, -0.05) is 54.7 Å². The van der Waals surface area contributed by atoms with Crippen LogP contribution in [0.3, 0.4) is 0 Å². The van der Waals surface area contributed by atoms with Gasteiger partial charge in [0.05, 0.1) is 23.6 Å². The molecule has 0 unspecified atom stereocenters. The van der Waals surface area contributed by atoms with Crippen molar-refractivity contribution in [2.75, 3.05) is 0 Å². The lowest BCUT2D eigenvalue weighted by atomic mass is 10.1. The number of hydrogen-bond acceptors (Lipinski definition) is 5. The molecular weight excluding hydrogens is 414 g/mol. The van der Waals surface area contributed by atoms with Gasteiger partial charge in [-0.05, 0) is 61.9 Å². The summed E-state index contributed by atoms with van der Waals surface area (Å²) >= 11 is 1.75. The molecule has 0 spiro atoms. The third-order valence-electron chi connectivity index (χ3n) is 4.94. The van der Waals surface area contributed by atoms with E-state index >= 15 is 0 Å². The van der Waals surface area contributed by atoms with Crippen molar-refractivity contribution in [3.05, 3.63) is 113 Å². The van der Waals surface area contributed by atoms with Crippen molar-refractivity contribution < 1.29 is 4.42 Å². The Morgan fingerprint density at radius 1 is 0.969 bits per heavy atom. The van der Waals surface area contributed by atoms with Crippen molar-refractivity contribution in [2.45, 2.75) is 30.2 Å². The van der Waals surface area contributed by atoms with Gasteiger partial charge < -0.3 is 10.2 Å². The lowest BCUT2D eigenvalue weighted by Gasteiger charge is -2.08. The zero-order valence-corrected chi connectivity index (χ0v) is 19.0. The first-order valence-corrected chi connectivity index (χ1v) is 11.2. The number of fused-ring (bicyclic) bond motifs is 2. The summed E-state index contributed by atoms with van der Waals surface area (Å²) in [5, 5.41) is 0. The first-order valence-electron chi connectivity index (χ1n) is 10.4. The fourth-order valence-electron chi connectivity index (χ4n) is 3.35. The van der Waals surface area contributed by atoms with E-state index in [1.807, 2.05) is 50.3 Å². The van der Waals surface area contributed by atoms with E-state index < -0.39 is 0 Å². The van der Waals surface area contributed by atoms with Gasteiger partial charge in [0.25, 0.3) is 0 Å². The van der Waals surface area contributed by atoms with E-state index in [2.05, 4.69) is 49.0 Å². The molecule has 0 saturated carbocycles. The van der Waals surface area contributed by atoms with E-state index in [0.29, 0.717) is 6.54 Å². The SMILES string of the molecule is C=Cc1ccc2c(c1)N=C(c1cccc(C)n1)c1ccccc1S2.Cc1ccc(CN)o1. The molecule has 0 aliphatic carbocycles. The van der Waals surface area contributed by atoms with Crippen LogP contribution in [0, 0.1) is 13.8 Å². The zero-order valence-electron chi connectivity index (χ0n) is 18.2. The zero-order chi connectivity index (χ0) is 22.5. The first-order chi connectivity index (χ1) is 15.6. The monoisotopic (exact) mass is 439 g/mol. The number of nitrogens with two attached hydrogens (primary N) is 1. The number of aromatic nitrogens is 1. The highest BCUT2D eigenvalue weighted by Gasteiger charge is 2.19. The molecular formula is C27H25N3OS. The third-order valence-corrected chi connectivity index (χ3v) is 6.08. The third kappa shape index (κ3) is 4.90. The molecule has 1 aliphatic heterocycles. The van der Waals surface area contributed by atoms with Gasteiger partial charge in [-0.25, -0.2) is 4.99 Å². The smallest absolute Gasteiger partial charge is 0.117 e. The molecule has 4 nitrogen and oxygen atoms in total. The molecule has 4 aromatic rings. The Morgan fingerprint density at radius 2 is 1.81 bits per heavy atom. The van der Waals surface area contributed by atoms with E-state index in [1.54, 1.807) is 11.8 Å². The summed E-state index contributed by atoms with van der Waals surface area (Å²) in [5.74, 6) is 1.77. The summed E-state index contributed by atoms with van der Waals surface area (Å²) in [7, 11) is 0. The number of nitrogens with zero attached hydrogens (tertiary/aromatic N) is 2. The second kappa shape index (κ2) is 9.81. The number of benzene rings is 2. The summed E-state index contributed by atoms with van der Waals surface area (Å²) in [6.07, 6.45) is 1.85. The van der Waals surface area contributed by atoms with Gasteiger partial charge in [-0.3, -0.25) is 4.98 Å². The quantitative estimate of drug-likeness (QED) is 0.339. The van der Waals surface area contributed by atoms with Crippen molar-refractivity contribution in [1.82, 2.24) is 4.98 Å². The molecule has 0 radical (unpaired) electrons. The molecule has 0 saturated heterocycles. The topological polar surface area (TPSA) is 64.4 Å².